The normalized spacial score (nSPS) is 20.4. The third-order valence-corrected chi connectivity index (χ3v) is 5.70. The van der Waals surface area contributed by atoms with Gasteiger partial charge in [0, 0.05) is 32.2 Å². The number of anilines is 1. The van der Waals surface area contributed by atoms with Crippen LogP contribution in [0.3, 0.4) is 0 Å². The van der Waals surface area contributed by atoms with E-state index >= 15 is 0 Å². The molecule has 1 aliphatic carbocycles. The van der Waals surface area contributed by atoms with E-state index in [9.17, 15) is 19.5 Å². The first-order chi connectivity index (χ1) is 13.4. The van der Waals surface area contributed by atoms with Gasteiger partial charge in [-0.3, -0.25) is 19.3 Å². The van der Waals surface area contributed by atoms with Crippen molar-refractivity contribution in [3.05, 3.63) is 11.8 Å². The number of carbonyl (C=O) groups excluding carboxylic acids is 2. The van der Waals surface area contributed by atoms with Gasteiger partial charge in [-0.05, 0) is 19.8 Å². The number of hydrogen-bond donors (Lipinski definition) is 2. The van der Waals surface area contributed by atoms with Crippen LogP contribution >= 0.6 is 0 Å². The number of amides is 2. The van der Waals surface area contributed by atoms with Crippen LogP contribution < -0.4 is 5.32 Å². The summed E-state index contributed by atoms with van der Waals surface area (Å²) < 4.78 is 4.92. The minimum absolute atomic E-state index is 0.192. The van der Waals surface area contributed by atoms with Crippen LogP contribution in [0.25, 0.3) is 0 Å². The van der Waals surface area contributed by atoms with Crippen molar-refractivity contribution in [2.75, 3.05) is 38.0 Å². The third-order valence-electron chi connectivity index (χ3n) is 5.70. The molecule has 9 nitrogen and oxygen atoms in total. The summed E-state index contributed by atoms with van der Waals surface area (Å²) in [6.45, 7) is 3.88. The van der Waals surface area contributed by atoms with Crippen molar-refractivity contribution in [2.45, 2.75) is 45.4 Å². The molecule has 3 rings (SSSR count). The summed E-state index contributed by atoms with van der Waals surface area (Å²) in [4.78, 5) is 40.8. The maximum Gasteiger partial charge on any atom is 0.319 e. The van der Waals surface area contributed by atoms with E-state index in [0.29, 0.717) is 50.6 Å². The van der Waals surface area contributed by atoms with Crippen molar-refractivity contribution in [3.63, 3.8) is 0 Å². The lowest BCUT2D eigenvalue weighted by Crippen LogP contribution is -2.56. The van der Waals surface area contributed by atoms with E-state index in [-0.39, 0.29) is 18.4 Å². The van der Waals surface area contributed by atoms with E-state index in [2.05, 4.69) is 10.5 Å². The lowest BCUT2D eigenvalue weighted by Gasteiger charge is -2.39. The molecule has 0 radical (unpaired) electrons. The molecule has 2 N–H and O–H groups in total. The summed E-state index contributed by atoms with van der Waals surface area (Å²) in [5.41, 5.74) is -1.28. The Morgan fingerprint density at radius 3 is 2.32 bits per heavy atom. The van der Waals surface area contributed by atoms with Crippen LogP contribution in [0.15, 0.2) is 10.6 Å². The number of aryl methyl sites for hydroxylation is 1. The summed E-state index contributed by atoms with van der Waals surface area (Å²) in [7, 11) is 0. The summed E-state index contributed by atoms with van der Waals surface area (Å²) in [5.74, 6) is -0.451. The highest BCUT2D eigenvalue weighted by Gasteiger charge is 2.48. The van der Waals surface area contributed by atoms with Crippen LogP contribution in [0.1, 0.15) is 44.3 Å². The molecular formula is C19H28N4O5. The highest BCUT2D eigenvalue weighted by molar-refractivity contribution is 6.02. The van der Waals surface area contributed by atoms with Crippen molar-refractivity contribution >= 4 is 23.6 Å². The van der Waals surface area contributed by atoms with Crippen molar-refractivity contribution < 1.29 is 24.0 Å². The van der Waals surface area contributed by atoms with Gasteiger partial charge in [0.1, 0.15) is 11.2 Å². The number of rotatable bonds is 5. The molecule has 1 aliphatic heterocycles. The molecule has 1 saturated carbocycles. The number of aromatic nitrogens is 1. The smallest absolute Gasteiger partial charge is 0.319 e. The summed E-state index contributed by atoms with van der Waals surface area (Å²) in [5, 5.41) is 16.2. The van der Waals surface area contributed by atoms with Crippen molar-refractivity contribution in [3.8, 4) is 0 Å². The first-order valence-corrected chi connectivity index (χ1v) is 9.89. The van der Waals surface area contributed by atoms with E-state index in [1.54, 1.807) is 17.9 Å². The van der Waals surface area contributed by atoms with Gasteiger partial charge in [0.05, 0.1) is 6.54 Å². The average molecular weight is 392 g/mol. The number of carboxylic acid groups (broad SMARTS) is 1. The zero-order valence-electron chi connectivity index (χ0n) is 16.3. The molecule has 0 spiro atoms. The molecule has 154 valence electrons. The SMILES string of the molecule is Cc1cc(NC(=O)CN2CCN(C(=O)C3(C(=O)O)CCCCCC3)CC2)no1. The Balaban J connectivity index is 1.53. The number of piperazine rings is 1. The van der Waals surface area contributed by atoms with Crippen molar-refractivity contribution in [2.24, 2.45) is 5.41 Å². The van der Waals surface area contributed by atoms with Gasteiger partial charge < -0.3 is 19.8 Å². The molecule has 0 unspecified atom stereocenters. The molecular weight excluding hydrogens is 364 g/mol. The highest BCUT2D eigenvalue weighted by atomic mass is 16.5. The van der Waals surface area contributed by atoms with E-state index in [1.807, 2.05) is 4.90 Å². The predicted molar refractivity (Wildman–Crippen MR) is 101 cm³/mol. The molecule has 0 bridgehead atoms. The van der Waals surface area contributed by atoms with Gasteiger partial charge in [0.2, 0.25) is 11.8 Å². The van der Waals surface area contributed by atoms with Gasteiger partial charge in [0.15, 0.2) is 5.82 Å². The molecule has 0 aromatic carbocycles. The van der Waals surface area contributed by atoms with Gasteiger partial charge >= 0.3 is 5.97 Å². The molecule has 9 heteroatoms. The second kappa shape index (κ2) is 8.72. The minimum atomic E-state index is -1.28. The van der Waals surface area contributed by atoms with Gasteiger partial charge in [-0.2, -0.15) is 0 Å². The topological polar surface area (TPSA) is 116 Å². The van der Waals surface area contributed by atoms with Crippen LogP contribution in [0.4, 0.5) is 5.82 Å². The van der Waals surface area contributed by atoms with Crippen LogP contribution in [0.2, 0.25) is 0 Å². The second-order valence-electron chi connectivity index (χ2n) is 7.74. The quantitative estimate of drug-likeness (QED) is 0.576. The first-order valence-electron chi connectivity index (χ1n) is 9.89. The third kappa shape index (κ3) is 4.52. The fourth-order valence-electron chi connectivity index (χ4n) is 4.07. The van der Waals surface area contributed by atoms with Gasteiger partial charge in [0.25, 0.3) is 0 Å². The Bertz CT molecular complexity index is 716. The van der Waals surface area contributed by atoms with Gasteiger partial charge in [-0.15, -0.1) is 0 Å². The molecule has 2 amide bonds. The van der Waals surface area contributed by atoms with Crippen LogP contribution in [-0.4, -0.2) is 70.6 Å². The summed E-state index contributed by atoms with van der Waals surface area (Å²) in [6.07, 6.45) is 4.35. The Kier molecular flexibility index (Phi) is 6.33. The molecule has 28 heavy (non-hydrogen) atoms. The van der Waals surface area contributed by atoms with E-state index < -0.39 is 11.4 Å². The second-order valence-corrected chi connectivity index (χ2v) is 7.74. The Hall–Kier alpha value is -2.42. The maximum atomic E-state index is 13.1. The monoisotopic (exact) mass is 392 g/mol. The van der Waals surface area contributed by atoms with E-state index in [0.717, 1.165) is 25.7 Å². The number of nitrogens with one attached hydrogen (secondary N) is 1. The van der Waals surface area contributed by atoms with Crippen molar-refractivity contribution in [1.29, 1.82) is 0 Å². The molecule has 2 heterocycles. The average Bonchev–Trinajstić information content (AvgIpc) is 2.92. The van der Waals surface area contributed by atoms with Crippen LogP contribution in [0, 0.1) is 12.3 Å². The Morgan fingerprint density at radius 2 is 1.79 bits per heavy atom. The van der Waals surface area contributed by atoms with E-state index in [4.69, 9.17) is 4.52 Å². The molecule has 2 aliphatic rings. The minimum Gasteiger partial charge on any atom is -0.480 e. The number of hydrogen-bond acceptors (Lipinski definition) is 6. The Labute approximate surface area is 164 Å². The largest absolute Gasteiger partial charge is 0.480 e. The fourth-order valence-corrected chi connectivity index (χ4v) is 4.07. The molecule has 2 fully saturated rings. The predicted octanol–water partition coefficient (Wildman–Crippen LogP) is 1.49. The summed E-state index contributed by atoms with van der Waals surface area (Å²) in [6, 6.07) is 1.65. The fraction of sp³-hybridized carbons (Fsp3) is 0.684. The molecule has 0 atom stereocenters. The number of carboxylic acids is 1. The standard InChI is InChI=1S/C19H28N4O5/c1-14-12-15(21-28-14)20-16(24)13-22-8-10-23(11-9-22)17(25)19(18(26)27)6-4-2-3-5-7-19/h12H,2-11,13H2,1H3,(H,26,27)(H,20,21,24). The first kappa shape index (κ1) is 20.3. The zero-order valence-corrected chi connectivity index (χ0v) is 16.3. The van der Waals surface area contributed by atoms with E-state index in [1.165, 1.54) is 0 Å². The van der Waals surface area contributed by atoms with Gasteiger partial charge in [-0.1, -0.05) is 30.8 Å². The molecule has 1 aromatic rings. The zero-order chi connectivity index (χ0) is 20.1. The number of carbonyl (C=O) groups is 3. The Morgan fingerprint density at radius 1 is 1.14 bits per heavy atom. The number of nitrogens with zero attached hydrogens (tertiary/aromatic N) is 3. The molecule has 1 aromatic heterocycles. The maximum absolute atomic E-state index is 13.1. The van der Waals surface area contributed by atoms with Crippen LogP contribution in [-0.2, 0) is 14.4 Å². The lowest BCUT2D eigenvalue weighted by atomic mass is 9.79. The van der Waals surface area contributed by atoms with Gasteiger partial charge in [-0.25, -0.2) is 0 Å². The highest BCUT2D eigenvalue weighted by Crippen LogP contribution is 2.37. The molecule has 1 saturated heterocycles. The van der Waals surface area contributed by atoms with Crippen molar-refractivity contribution in [1.82, 2.24) is 15.0 Å². The number of aliphatic carboxylic acids is 1. The van der Waals surface area contributed by atoms with Crippen LogP contribution in [0.5, 0.6) is 0 Å². The summed E-state index contributed by atoms with van der Waals surface area (Å²) >= 11 is 0. The lowest BCUT2D eigenvalue weighted by molar-refractivity contribution is -0.163.